The number of amides is 2. The molecular formula is C23H36N4O5. The van der Waals surface area contributed by atoms with Crippen LogP contribution in [-0.4, -0.2) is 76.8 Å². The van der Waals surface area contributed by atoms with Crippen molar-refractivity contribution in [2.45, 2.75) is 63.7 Å². The third-order valence-electron chi connectivity index (χ3n) is 6.07. The van der Waals surface area contributed by atoms with Crippen LogP contribution in [0.4, 0.5) is 0 Å². The van der Waals surface area contributed by atoms with Crippen molar-refractivity contribution >= 4 is 17.8 Å². The Morgan fingerprint density at radius 2 is 1.91 bits per heavy atom. The summed E-state index contributed by atoms with van der Waals surface area (Å²) in [6.07, 6.45) is 2.86. The molecule has 6 N–H and O–H groups in total. The van der Waals surface area contributed by atoms with Crippen LogP contribution in [0.5, 0.6) is 0 Å². The van der Waals surface area contributed by atoms with E-state index >= 15 is 0 Å². The number of aliphatic hydroxyl groups excluding tert-OH is 1. The lowest BCUT2D eigenvalue weighted by Gasteiger charge is -2.30. The molecule has 1 aromatic carbocycles. The largest absolute Gasteiger partial charge is 0.480 e. The van der Waals surface area contributed by atoms with Gasteiger partial charge in [0.05, 0.1) is 12.6 Å². The normalized spacial score (nSPS) is 20.2. The number of likely N-dealkylation sites (tertiary alicyclic amines) is 1. The van der Waals surface area contributed by atoms with Crippen LogP contribution in [-0.2, 0) is 20.8 Å². The molecule has 1 aliphatic rings. The number of hydrogen-bond donors (Lipinski definition) is 5. The van der Waals surface area contributed by atoms with E-state index in [0.29, 0.717) is 25.8 Å². The second-order valence-corrected chi connectivity index (χ2v) is 8.56. The molecule has 0 saturated carbocycles. The first-order valence-electron chi connectivity index (χ1n) is 11.2. The maximum atomic E-state index is 13.1. The highest BCUT2D eigenvalue weighted by molar-refractivity contribution is 5.92. The minimum Gasteiger partial charge on any atom is -0.480 e. The maximum Gasteiger partial charge on any atom is 0.328 e. The number of benzene rings is 1. The van der Waals surface area contributed by atoms with E-state index in [0.717, 1.165) is 18.5 Å². The fourth-order valence-electron chi connectivity index (χ4n) is 4.02. The van der Waals surface area contributed by atoms with Gasteiger partial charge in [-0.2, -0.15) is 0 Å². The summed E-state index contributed by atoms with van der Waals surface area (Å²) in [5, 5.41) is 23.4. The quantitative estimate of drug-likeness (QED) is 0.305. The molecule has 0 aromatic heterocycles. The SMILES string of the molecule is CC[C@H](C)[C@H](NC(=O)[C@@H]1CCCN1CC(N)Cc1ccccc1)C(=O)N[C@@H](CO)C(=O)O. The van der Waals surface area contributed by atoms with Gasteiger partial charge in [-0.05, 0) is 37.3 Å². The van der Waals surface area contributed by atoms with Gasteiger partial charge in [0, 0.05) is 12.6 Å². The molecule has 1 heterocycles. The predicted octanol–water partition coefficient (Wildman–Crippen LogP) is 0.113. The van der Waals surface area contributed by atoms with Crippen LogP contribution >= 0.6 is 0 Å². The molecule has 2 rings (SSSR count). The molecule has 0 aliphatic carbocycles. The van der Waals surface area contributed by atoms with Crippen LogP contribution in [0.2, 0.25) is 0 Å². The monoisotopic (exact) mass is 448 g/mol. The molecular weight excluding hydrogens is 412 g/mol. The number of rotatable bonds is 12. The highest BCUT2D eigenvalue weighted by Gasteiger charge is 2.35. The van der Waals surface area contributed by atoms with Gasteiger partial charge in [0.25, 0.3) is 0 Å². The lowest BCUT2D eigenvalue weighted by atomic mass is 9.97. The highest BCUT2D eigenvalue weighted by atomic mass is 16.4. The Bertz CT molecular complexity index is 760. The summed E-state index contributed by atoms with van der Waals surface area (Å²) in [5.74, 6) is -2.41. The summed E-state index contributed by atoms with van der Waals surface area (Å²) in [6, 6.07) is 7.15. The maximum absolute atomic E-state index is 13.1. The summed E-state index contributed by atoms with van der Waals surface area (Å²) in [6.45, 7) is 4.31. The molecule has 2 amide bonds. The van der Waals surface area contributed by atoms with Gasteiger partial charge in [-0.3, -0.25) is 14.5 Å². The molecule has 5 atom stereocenters. The fraction of sp³-hybridized carbons (Fsp3) is 0.609. The lowest BCUT2D eigenvalue weighted by molar-refractivity contribution is -0.143. The predicted molar refractivity (Wildman–Crippen MR) is 121 cm³/mol. The van der Waals surface area contributed by atoms with E-state index in [1.54, 1.807) is 0 Å². The van der Waals surface area contributed by atoms with Crippen molar-refractivity contribution in [1.82, 2.24) is 15.5 Å². The number of carboxylic acid groups (broad SMARTS) is 1. The zero-order chi connectivity index (χ0) is 23.7. The number of carboxylic acids is 1. The number of aliphatic hydroxyl groups is 1. The number of carbonyl (C=O) groups excluding carboxylic acids is 2. The van der Waals surface area contributed by atoms with E-state index in [1.807, 2.05) is 44.2 Å². The molecule has 1 aromatic rings. The van der Waals surface area contributed by atoms with Gasteiger partial charge in [0.15, 0.2) is 0 Å². The Balaban J connectivity index is 2.01. The molecule has 0 bridgehead atoms. The lowest BCUT2D eigenvalue weighted by Crippen LogP contribution is -2.58. The molecule has 0 spiro atoms. The molecule has 1 fully saturated rings. The Hall–Kier alpha value is -2.49. The van der Waals surface area contributed by atoms with Crippen molar-refractivity contribution in [3.63, 3.8) is 0 Å². The zero-order valence-corrected chi connectivity index (χ0v) is 18.9. The first-order chi connectivity index (χ1) is 15.3. The average molecular weight is 449 g/mol. The van der Waals surface area contributed by atoms with E-state index in [1.165, 1.54) is 0 Å². The van der Waals surface area contributed by atoms with Crippen molar-refractivity contribution in [2.24, 2.45) is 11.7 Å². The topological polar surface area (TPSA) is 145 Å². The summed E-state index contributed by atoms with van der Waals surface area (Å²) in [5.41, 5.74) is 7.49. The standard InChI is InChI=1S/C23H36N4O5/c1-3-15(2)20(22(30)25-18(14-28)23(31)32)26-21(29)19-10-7-11-27(19)13-17(24)12-16-8-5-4-6-9-16/h4-6,8-9,15,17-20,28H,3,7,10-14,24H2,1-2H3,(H,25,30)(H,26,29)(H,31,32)/t15-,17?,18-,19-,20-/m0/s1. The Labute approximate surface area is 189 Å². The minimum atomic E-state index is -1.41. The average Bonchev–Trinajstić information content (AvgIpc) is 3.23. The van der Waals surface area contributed by atoms with Crippen molar-refractivity contribution in [3.8, 4) is 0 Å². The van der Waals surface area contributed by atoms with E-state index in [2.05, 4.69) is 15.5 Å². The number of nitrogens with one attached hydrogen (secondary N) is 2. The van der Waals surface area contributed by atoms with Gasteiger partial charge in [-0.15, -0.1) is 0 Å². The Morgan fingerprint density at radius 1 is 1.22 bits per heavy atom. The van der Waals surface area contributed by atoms with Crippen LogP contribution in [0.15, 0.2) is 30.3 Å². The number of nitrogens with two attached hydrogens (primary N) is 1. The molecule has 1 saturated heterocycles. The van der Waals surface area contributed by atoms with E-state index in [4.69, 9.17) is 10.8 Å². The molecule has 0 radical (unpaired) electrons. The van der Waals surface area contributed by atoms with Gasteiger partial charge in [0.1, 0.15) is 12.1 Å². The molecule has 178 valence electrons. The Kier molecular flexibility index (Phi) is 10.1. The van der Waals surface area contributed by atoms with Gasteiger partial charge < -0.3 is 26.6 Å². The number of hydrogen-bond acceptors (Lipinski definition) is 6. The van der Waals surface area contributed by atoms with Crippen molar-refractivity contribution in [2.75, 3.05) is 19.7 Å². The summed E-state index contributed by atoms with van der Waals surface area (Å²) in [4.78, 5) is 39.0. The smallest absolute Gasteiger partial charge is 0.328 e. The minimum absolute atomic E-state index is 0.125. The van der Waals surface area contributed by atoms with Gasteiger partial charge in [-0.25, -0.2) is 4.79 Å². The zero-order valence-electron chi connectivity index (χ0n) is 18.9. The second-order valence-electron chi connectivity index (χ2n) is 8.56. The second kappa shape index (κ2) is 12.5. The van der Waals surface area contributed by atoms with Gasteiger partial charge in [0.2, 0.25) is 11.8 Å². The highest BCUT2D eigenvalue weighted by Crippen LogP contribution is 2.19. The van der Waals surface area contributed by atoms with Gasteiger partial charge >= 0.3 is 5.97 Å². The molecule has 1 unspecified atom stereocenters. The van der Waals surface area contributed by atoms with Crippen LogP contribution in [0, 0.1) is 5.92 Å². The number of carbonyl (C=O) groups is 3. The van der Waals surface area contributed by atoms with Gasteiger partial charge in [-0.1, -0.05) is 50.6 Å². The third-order valence-corrected chi connectivity index (χ3v) is 6.07. The fourth-order valence-corrected chi connectivity index (χ4v) is 4.02. The summed E-state index contributed by atoms with van der Waals surface area (Å²) >= 11 is 0. The van der Waals surface area contributed by atoms with E-state index in [-0.39, 0.29) is 23.9 Å². The van der Waals surface area contributed by atoms with E-state index < -0.39 is 30.6 Å². The van der Waals surface area contributed by atoms with E-state index in [9.17, 15) is 19.5 Å². The first kappa shape index (κ1) is 25.8. The van der Waals surface area contributed by atoms with Crippen molar-refractivity contribution in [1.29, 1.82) is 0 Å². The first-order valence-corrected chi connectivity index (χ1v) is 11.2. The Morgan fingerprint density at radius 3 is 2.50 bits per heavy atom. The summed E-state index contributed by atoms with van der Waals surface area (Å²) in [7, 11) is 0. The molecule has 32 heavy (non-hydrogen) atoms. The third kappa shape index (κ3) is 7.29. The number of aliphatic carboxylic acids is 1. The van der Waals surface area contributed by atoms with Crippen molar-refractivity contribution in [3.05, 3.63) is 35.9 Å². The van der Waals surface area contributed by atoms with Crippen LogP contribution < -0.4 is 16.4 Å². The summed E-state index contributed by atoms with van der Waals surface area (Å²) < 4.78 is 0. The molecule has 9 heteroatoms. The molecule has 9 nitrogen and oxygen atoms in total. The molecule has 1 aliphatic heterocycles. The van der Waals surface area contributed by atoms with Crippen molar-refractivity contribution < 1.29 is 24.6 Å². The number of nitrogens with zero attached hydrogens (tertiary/aromatic N) is 1. The van der Waals surface area contributed by atoms with Crippen LogP contribution in [0.3, 0.4) is 0 Å². The van der Waals surface area contributed by atoms with Crippen LogP contribution in [0.25, 0.3) is 0 Å². The van der Waals surface area contributed by atoms with Crippen LogP contribution in [0.1, 0.15) is 38.7 Å².